The molecular weight excluding hydrogens is 317 g/mol. The summed E-state index contributed by atoms with van der Waals surface area (Å²) in [4.78, 5) is 15.7. The standard InChI is InChI=1S/C14H13F3N2O2S/c1-7(12(20)21)11-8(2)18-13(22-11)19-10-5-3-4-9(6-10)14(15,16)17/h3-7H,1-2H3,(H,18,19)(H,20,21). The zero-order valence-electron chi connectivity index (χ0n) is 11.7. The van der Waals surface area contributed by atoms with Crippen molar-refractivity contribution in [3.63, 3.8) is 0 Å². The lowest BCUT2D eigenvalue weighted by Gasteiger charge is -2.09. The molecule has 22 heavy (non-hydrogen) atoms. The lowest BCUT2D eigenvalue weighted by molar-refractivity contribution is -0.138. The van der Waals surface area contributed by atoms with Crippen LogP contribution in [-0.2, 0) is 11.0 Å². The molecule has 0 radical (unpaired) electrons. The molecule has 1 unspecified atom stereocenters. The fourth-order valence-corrected chi connectivity index (χ4v) is 2.90. The van der Waals surface area contributed by atoms with Gasteiger partial charge in [0.05, 0.1) is 17.2 Å². The molecule has 4 nitrogen and oxygen atoms in total. The van der Waals surface area contributed by atoms with E-state index in [0.717, 1.165) is 23.5 Å². The highest BCUT2D eigenvalue weighted by atomic mass is 32.1. The summed E-state index contributed by atoms with van der Waals surface area (Å²) in [5.74, 6) is -1.69. The molecule has 0 aliphatic rings. The summed E-state index contributed by atoms with van der Waals surface area (Å²) >= 11 is 1.12. The van der Waals surface area contributed by atoms with Crippen molar-refractivity contribution >= 4 is 28.1 Å². The van der Waals surface area contributed by atoms with Crippen LogP contribution in [0.1, 0.15) is 29.0 Å². The molecule has 0 saturated heterocycles. The second-order valence-corrected chi connectivity index (χ2v) is 5.76. The van der Waals surface area contributed by atoms with E-state index >= 15 is 0 Å². The van der Waals surface area contributed by atoms with Crippen molar-refractivity contribution in [2.24, 2.45) is 0 Å². The topological polar surface area (TPSA) is 62.2 Å². The maximum atomic E-state index is 12.7. The Morgan fingerprint density at radius 2 is 2.09 bits per heavy atom. The van der Waals surface area contributed by atoms with E-state index in [1.54, 1.807) is 6.92 Å². The van der Waals surface area contributed by atoms with Gasteiger partial charge in [0.25, 0.3) is 0 Å². The van der Waals surface area contributed by atoms with Crippen LogP contribution in [-0.4, -0.2) is 16.1 Å². The van der Waals surface area contributed by atoms with Crippen LogP contribution in [0.25, 0.3) is 0 Å². The van der Waals surface area contributed by atoms with Crippen molar-refractivity contribution in [3.8, 4) is 0 Å². The van der Waals surface area contributed by atoms with E-state index in [4.69, 9.17) is 5.11 Å². The highest BCUT2D eigenvalue weighted by Gasteiger charge is 2.30. The molecular formula is C14H13F3N2O2S. The van der Waals surface area contributed by atoms with Gasteiger partial charge in [-0.25, -0.2) is 4.98 Å². The van der Waals surface area contributed by atoms with E-state index in [-0.39, 0.29) is 5.69 Å². The van der Waals surface area contributed by atoms with Gasteiger partial charge in [-0.2, -0.15) is 13.2 Å². The largest absolute Gasteiger partial charge is 0.481 e. The van der Waals surface area contributed by atoms with Crippen molar-refractivity contribution in [2.75, 3.05) is 5.32 Å². The van der Waals surface area contributed by atoms with E-state index in [0.29, 0.717) is 15.7 Å². The quantitative estimate of drug-likeness (QED) is 0.872. The molecule has 0 aliphatic carbocycles. The Morgan fingerprint density at radius 3 is 2.68 bits per heavy atom. The number of rotatable bonds is 4. The molecule has 0 fully saturated rings. The Kier molecular flexibility index (Phi) is 4.41. The number of carboxylic acids is 1. The first-order valence-electron chi connectivity index (χ1n) is 6.33. The minimum absolute atomic E-state index is 0.248. The number of halogens is 3. The number of aliphatic carboxylic acids is 1. The van der Waals surface area contributed by atoms with Crippen LogP contribution >= 0.6 is 11.3 Å². The fourth-order valence-electron chi connectivity index (χ4n) is 1.87. The monoisotopic (exact) mass is 330 g/mol. The first-order valence-corrected chi connectivity index (χ1v) is 7.14. The number of thiazole rings is 1. The summed E-state index contributed by atoms with van der Waals surface area (Å²) in [6.45, 7) is 3.21. The Balaban J connectivity index is 2.25. The van der Waals surface area contributed by atoms with Gasteiger partial charge in [0, 0.05) is 10.6 Å². The second-order valence-electron chi connectivity index (χ2n) is 4.73. The van der Waals surface area contributed by atoms with Crippen molar-refractivity contribution < 1.29 is 23.1 Å². The molecule has 0 aliphatic heterocycles. The number of carbonyl (C=O) groups is 1. The zero-order valence-corrected chi connectivity index (χ0v) is 12.5. The average molecular weight is 330 g/mol. The predicted octanol–water partition coefficient (Wildman–Crippen LogP) is 4.40. The molecule has 1 aromatic carbocycles. The smallest absolute Gasteiger partial charge is 0.416 e. The molecule has 0 saturated carbocycles. The molecule has 0 bridgehead atoms. The van der Waals surface area contributed by atoms with Crippen molar-refractivity contribution in [1.29, 1.82) is 0 Å². The molecule has 2 N–H and O–H groups in total. The van der Waals surface area contributed by atoms with Crippen molar-refractivity contribution in [3.05, 3.63) is 40.4 Å². The van der Waals surface area contributed by atoms with Gasteiger partial charge in [0.1, 0.15) is 0 Å². The number of carboxylic acid groups (broad SMARTS) is 1. The third-order valence-electron chi connectivity index (χ3n) is 3.04. The van der Waals surface area contributed by atoms with E-state index in [2.05, 4.69) is 10.3 Å². The fraction of sp³-hybridized carbons (Fsp3) is 0.286. The number of anilines is 2. The van der Waals surface area contributed by atoms with E-state index in [9.17, 15) is 18.0 Å². The highest BCUT2D eigenvalue weighted by Crippen LogP contribution is 2.34. The van der Waals surface area contributed by atoms with Gasteiger partial charge in [-0.3, -0.25) is 4.79 Å². The number of aromatic nitrogens is 1. The summed E-state index contributed by atoms with van der Waals surface area (Å²) in [6.07, 6.45) is -4.42. The lowest BCUT2D eigenvalue weighted by atomic mass is 10.1. The highest BCUT2D eigenvalue weighted by molar-refractivity contribution is 7.16. The summed E-state index contributed by atoms with van der Waals surface area (Å²) < 4.78 is 38.0. The Morgan fingerprint density at radius 1 is 1.41 bits per heavy atom. The van der Waals surface area contributed by atoms with Crippen molar-refractivity contribution in [2.45, 2.75) is 25.9 Å². The van der Waals surface area contributed by atoms with Gasteiger partial charge in [-0.05, 0) is 32.0 Å². The minimum Gasteiger partial charge on any atom is -0.481 e. The maximum Gasteiger partial charge on any atom is 0.416 e. The third kappa shape index (κ3) is 3.56. The van der Waals surface area contributed by atoms with Gasteiger partial charge >= 0.3 is 12.1 Å². The summed E-state index contributed by atoms with van der Waals surface area (Å²) in [5.41, 5.74) is 0.0392. The predicted molar refractivity (Wildman–Crippen MR) is 77.6 cm³/mol. The lowest BCUT2D eigenvalue weighted by Crippen LogP contribution is -2.06. The second kappa shape index (κ2) is 5.96. The Hall–Kier alpha value is -2.09. The SMILES string of the molecule is Cc1nc(Nc2cccc(C(F)(F)F)c2)sc1C(C)C(=O)O. The van der Waals surface area contributed by atoms with E-state index in [1.165, 1.54) is 19.1 Å². The maximum absolute atomic E-state index is 12.7. The van der Waals surface area contributed by atoms with Crippen LogP contribution < -0.4 is 5.32 Å². The van der Waals surface area contributed by atoms with Gasteiger partial charge in [0.2, 0.25) is 0 Å². The van der Waals surface area contributed by atoms with Gasteiger partial charge in [-0.15, -0.1) is 11.3 Å². The molecule has 0 spiro atoms. The zero-order chi connectivity index (χ0) is 16.5. The Labute approximate surface area is 128 Å². The normalized spacial score (nSPS) is 13.0. The van der Waals surface area contributed by atoms with Gasteiger partial charge in [0.15, 0.2) is 5.13 Å². The summed E-state index contributed by atoms with van der Waals surface area (Å²) in [5, 5.41) is 12.2. The first kappa shape index (κ1) is 16.3. The van der Waals surface area contributed by atoms with Crippen LogP contribution in [0.5, 0.6) is 0 Å². The molecule has 0 amide bonds. The summed E-state index contributed by atoms with van der Waals surface area (Å²) in [6, 6.07) is 4.76. The number of alkyl halides is 3. The molecule has 1 heterocycles. The van der Waals surface area contributed by atoms with Crippen LogP contribution in [0, 0.1) is 6.92 Å². The number of aryl methyl sites for hydroxylation is 1. The molecule has 2 rings (SSSR count). The molecule has 2 aromatic rings. The van der Waals surface area contributed by atoms with Gasteiger partial charge < -0.3 is 10.4 Å². The van der Waals surface area contributed by atoms with Crippen molar-refractivity contribution in [1.82, 2.24) is 4.98 Å². The number of nitrogens with one attached hydrogen (secondary N) is 1. The molecule has 8 heteroatoms. The number of benzene rings is 1. The Bertz CT molecular complexity index is 698. The molecule has 118 valence electrons. The summed E-state index contributed by atoms with van der Waals surface area (Å²) in [7, 11) is 0. The van der Waals surface area contributed by atoms with Gasteiger partial charge in [-0.1, -0.05) is 6.07 Å². The number of nitrogens with zero attached hydrogens (tertiary/aromatic N) is 1. The average Bonchev–Trinajstić information content (AvgIpc) is 2.77. The van der Waals surface area contributed by atoms with Crippen LogP contribution in [0.3, 0.4) is 0 Å². The van der Waals surface area contributed by atoms with E-state index < -0.39 is 23.6 Å². The number of hydrogen-bond donors (Lipinski definition) is 2. The minimum atomic E-state index is -4.42. The molecule has 1 aromatic heterocycles. The first-order chi connectivity index (χ1) is 10.2. The molecule has 1 atom stereocenters. The van der Waals surface area contributed by atoms with Crippen LogP contribution in [0.15, 0.2) is 24.3 Å². The van der Waals surface area contributed by atoms with E-state index in [1.807, 2.05) is 0 Å². The number of hydrogen-bond acceptors (Lipinski definition) is 4. The van der Waals surface area contributed by atoms with Crippen LogP contribution in [0.2, 0.25) is 0 Å². The third-order valence-corrected chi connectivity index (χ3v) is 4.29. The van der Waals surface area contributed by atoms with Crippen LogP contribution in [0.4, 0.5) is 24.0 Å².